The third-order valence-electron chi connectivity index (χ3n) is 5.27. The third kappa shape index (κ3) is 4.16. The van der Waals surface area contributed by atoms with Crippen molar-refractivity contribution in [2.24, 2.45) is 0 Å². The molecule has 4 rings (SSSR count). The number of nitrogens with one attached hydrogen (secondary N) is 1. The number of anilines is 1. The molecule has 3 heterocycles. The van der Waals surface area contributed by atoms with Crippen LogP contribution in [0.2, 0.25) is 0 Å². The Bertz CT molecular complexity index is 1110. The Morgan fingerprint density at radius 1 is 1.13 bits per heavy atom. The highest BCUT2D eigenvalue weighted by Crippen LogP contribution is 2.28. The molecule has 0 saturated carbocycles. The molecule has 1 aliphatic heterocycles. The van der Waals surface area contributed by atoms with Crippen molar-refractivity contribution in [2.75, 3.05) is 25.0 Å². The van der Waals surface area contributed by atoms with E-state index < -0.39 is 11.9 Å². The van der Waals surface area contributed by atoms with E-state index in [2.05, 4.69) is 22.1 Å². The van der Waals surface area contributed by atoms with Gasteiger partial charge in [0.25, 0.3) is 5.91 Å². The fourth-order valence-corrected chi connectivity index (χ4v) is 3.74. The first-order chi connectivity index (χ1) is 14.5. The summed E-state index contributed by atoms with van der Waals surface area (Å²) in [6, 6.07) is 12.9. The molecular formula is C23H24N4O3. The van der Waals surface area contributed by atoms with Gasteiger partial charge in [-0.3, -0.25) is 14.7 Å². The van der Waals surface area contributed by atoms with Gasteiger partial charge in [0.2, 0.25) is 0 Å². The molecule has 1 N–H and O–H groups in total. The summed E-state index contributed by atoms with van der Waals surface area (Å²) >= 11 is 0. The Balaban J connectivity index is 1.57. The van der Waals surface area contributed by atoms with Crippen molar-refractivity contribution in [3.8, 4) is 0 Å². The standard InChI is InChI=1S/C23H24N4O3/c1-3-27-12-11-19-17(13-27)22(16-8-4-5-9-18(16)25-19)23(29)30-14-21(28)26-20-10-6-7-15(2)24-20/h4-10H,3,11-14H2,1-2H3,(H,24,26,28). The molecule has 2 aromatic heterocycles. The van der Waals surface area contributed by atoms with Gasteiger partial charge >= 0.3 is 5.97 Å². The molecule has 0 bridgehead atoms. The zero-order valence-electron chi connectivity index (χ0n) is 17.1. The monoisotopic (exact) mass is 404 g/mol. The number of benzene rings is 1. The largest absolute Gasteiger partial charge is 0.452 e. The van der Waals surface area contributed by atoms with Gasteiger partial charge in [0, 0.05) is 41.8 Å². The lowest BCUT2D eigenvalue weighted by atomic mass is 9.96. The van der Waals surface area contributed by atoms with E-state index in [1.807, 2.05) is 37.3 Å². The summed E-state index contributed by atoms with van der Waals surface area (Å²) in [5, 5.41) is 3.41. The van der Waals surface area contributed by atoms with E-state index in [1.54, 1.807) is 12.1 Å². The Hall–Kier alpha value is -3.32. The van der Waals surface area contributed by atoms with Gasteiger partial charge in [-0.2, -0.15) is 0 Å². The first kappa shape index (κ1) is 20.0. The van der Waals surface area contributed by atoms with Gasteiger partial charge in [-0.15, -0.1) is 0 Å². The summed E-state index contributed by atoms with van der Waals surface area (Å²) in [5.41, 5.74) is 3.89. The minimum atomic E-state index is -0.504. The zero-order chi connectivity index (χ0) is 21.1. The molecule has 30 heavy (non-hydrogen) atoms. The van der Waals surface area contributed by atoms with Crippen LogP contribution in [0.5, 0.6) is 0 Å². The van der Waals surface area contributed by atoms with Gasteiger partial charge in [-0.25, -0.2) is 9.78 Å². The molecule has 0 spiro atoms. The van der Waals surface area contributed by atoms with Crippen LogP contribution in [0.4, 0.5) is 5.82 Å². The third-order valence-corrected chi connectivity index (χ3v) is 5.27. The first-order valence-corrected chi connectivity index (χ1v) is 10.1. The van der Waals surface area contributed by atoms with Crippen LogP contribution in [-0.4, -0.2) is 46.4 Å². The quantitative estimate of drug-likeness (QED) is 0.658. The predicted molar refractivity (Wildman–Crippen MR) is 114 cm³/mol. The van der Waals surface area contributed by atoms with Gasteiger partial charge in [0.1, 0.15) is 5.82 Å². The summed E-state index contributed by atoms with van der Waals surface area (Å²) in [6.45, 7) is 6.01. The maximum atomic E-state index is 13.1. The van der Waals surface area contributed by atoms with Gasteiger partial charge in [0.05, 0.1) is 11.1 Å². The summed E-state index contributed by atoms with van der Waals surface area (Å²) < 4.78 is 5.41. The number of aryl methyl sites for hydroxylation is 1. The number of carbonyl (C=O) groups is 2. The lowest BCUT2D eigenvalue weighted by Crippen LogP contribution is -2.32. The molecule has 1 amide bonds. The van der Waals surface area contributed by atoms with E-state index in [9.17, 15) is 9.59 Å². The fraction of sp³-hybridized carbons (Fsp3) is 0.304. The molecular weight excluding hydrogens is 380 g/mol. The average molecular weight is 404 g/mol. The van der Waals surface area contributed by atoms with Crippen molar-refractivity contribution < 1.29 is 14.3 Å². The van der Waals surface area contributed by atoms with E-state index in [1.165, 1.54) is 0 Å². The molecule has 3 aromatic rings. The van der Waals surface area contributed by atoms with Crippen LogP contribution in [0.3, 0.4) is 0 Å². The lowest BCUT2D eigenvalue weighted by molar-refractivity contribution is -0.119. The number of hydrogen-bond donors (Lipinski definition) is 1. The maximum absolute atomic E-state index is 13.1. The predicted octanol–water partition coefficient (Wildman–Crippen LogP) is 3.11. The summed E-state index contributed by atoms with van der Waals surface area (Å²) in [7, 11) is 0. The second kappa shape index (κ2) is 8.59. The van der Waals surface area contributed by atoms with E-state index >= 15 is 0 Å². The molecule has 0 unspecified atom stereocenters. The molecule has 154 valence electrons. The van der Waals surface area contributed by atoms with E-state index in [0.717, 1.165) is 47.4 Å². The van der Waals surface area contributed by atoms with Crippen LogP contribution < -0.4 is 5.32 Å². The number of hydrogen-bond acceptors (Lipinski definition) is 6. The number of ether oxygens (including phenoxy) is 1. The Labute approximate surface area is 175 Å². The number of fused-ring (bicyclic) bond motifs is 2. The maximum Gasteiger partial charge on any atom is 0.339 e. The molecule has 7 heteroatoms. The van der Waals surface area contributed by atoms with Gasteiger partial charge in [0.15, 0.2) is 6.61 Å². The molecule has 7 nitrogen and oxygen atoms in total. The highest BCUT2D eigenvalue weighted by molar-refractivity contribution is 6.06. The van der Waals surface area contributed by atoms with Crippen LogP contribution in [0.15, 0.2) is 42.5 Å². The molecule has 0 fully saturated rings. The van der Waals surface area contributed by atoms with Crippen molar-refractivity contribution in [1.29, 1.82) is 0 Å². The second-order valence-electron chi connectivity index (χ2n) is 7.34. The molecule has 0 aliphatic carbocycles. The molecule has 1 aliphatic rings. The topological polar surface area (TPSA) is 84.4 Å². The van der Waals surface area contributed by atoms with Crippen LogP contribution >= 0.6 is 0 Å². The number of aromatic nitrogens is 2. The minimum absolute atomic E-state index is 0.378. The summed E-state index contributed by atoms with van der Waals surface area (Å²) in [5.74, 6) is -0.500. The Kier molecular flexibility index (Phi) is 5.72. The van der Waals surface area contributed by atoms with Crippen molar-refractivity contribution in [3.63, 3.8) is 0 Å². The smallest absolute Gasteiger partial charge is 0.339 e. The summed E-state index contributed by atoms with van der Waals surface area (Å²) in [6.07, 6.45) is 0.786. The highest BCUT2D eigenvalue weighted by atomic mass is 16.5. The van der Waals surface area contributed by atoms with E-state index in [0.29, 0.717) is 17.9 Å². The first-order valence-electron chi connectivity index (χ1n) is 10.1. The number of likely N-dealkylation sites (N-methyl/N-ethyl adjacent to an activating group) is 1. The van der Waals surface area contributed by atoms with Crippen LogP contribution in [-0.2, 0) is 22.5 Å². The number of para-hydroxylation sites is 1. The fourth-order valence-electron chi connectivity index (χ4n) is 3.74. The number of rotatable bonds is 5. The summed E-state index contributed by atoms with van der Waals surface area (Å²) in [4.78, 5) is 36.6. The molecule has 0 atom stereocenters. The van der Waals surface area contributed by atoms with Gasteiger partial charge in [-0.05, 0) is 31.7 Å². The van der Waals surface area contributed by atoms with Crippen molar-refractivity contribution in [3.05, 3.63) is 65.0 Å². The second-order valence-corrected chi connectivity index (χ2v) is 7.34. The average Bonchev–Trinajstić information content (AvgIpc) is 2.75. The van der Waals surface area contributed by atoms with Gasteiger partial charge in [-0.1, -0.05) is 31.2 Å². The normalized spacial score (nSPS) is 13.7. The number of amides is 1. The van der Waals surface area contributed by atoms with Crippen molar-refractivity contribution in [2.45, 2.75) is 26.8 Å². The highest BCUT2D eigenvalue weighted by Gasteiger charge is 2.26. The zero-order valence-corrected chi connectivity index (χ0v) is 17.1. The lowest BCUT2D eigenvalue weighted by Gasteiger charge is -2.28. The SMILES string of the molecule is CCN1CCc2nc3ccccc3c(C(=O)OCC(=O)Nc3cccc(C)n3)c2C1. The number of carbonyl (C=O) groups excluding carboxylic acids is 2. The molecule has 0 saturated heterocycles. The van der Waals surface area contributed by atoms with Crippen LogP contribution in [0, 0.1) is 6.92 Å². The minimum Gasteiger partial charge on any atom is -0.452 e. The molecule has 1 aromatic carbocycles. The van der Waals surface area contributed by atoms with Crippen LogP contribution in [0.1, 0.15) is 34.2 Å². The number of pyridine rings is 2. The Morgan fingerprint density at radius 2 is 1.97 bits per heavy atom. The van der Waals surface area contributed by atoms with E-state index in [4.69, 9.17) is 9.72 Å². The number of nitrogens with zero attached hydrogens (tertiary/aromatic N) is 3. The number of esters is 1. The Morgan fingerprint density at radius 3 is 2.77 bits per heavy atom. The van der Waals surface area contributed by atoms with E-state index in [-0.39, 0.29) is 6.61 Å². The van der Waals surface area contributed by atoms with Crippen molar-refractivity contribution in [1.82, 2.24) is 14.9 Å². The van der Waals surface area contributed by atoms with Gasteiger partial charge < -0.3 is 10.1 Å². The molecule has 0 radical (unpaired) electrons. The van der Waals surface area contributed by atoms with Crippen LogP contribution in [0.25, 0.3) is 10.9 Å². The van der Waals surface area contributed by atoms with Crippen molar-refractivity contribution >= 4 is 28.6 Å².